The summed E-state index contributed by atoms with van der Waals surface area (Å²) in [4.78, 5) is 28.9. The lowest BCUT2D eigenvalue weighted by atomic mass is 10.1. The van der Waals surface area contributed by atoms with E-state index in [-0.39, 0.29) is 24.0 Å². The van der Waals surface area contributed by atoms with Gasteiger partial charge in [0.05, 0.1) is 0 Å². The predicted octanol–water partition coefficient (Wildman–Crippen LogP) is 4.02. The summed E-state index contributed by atoms with van der Waals surface area (Å²) in [5.74, 6) is -1.07. The Bertz CT molecular complexity index is 996. The first-order valence-electron chi connectivity index (χ1n) is 8.79. The number of halogens is 1. The van der Waals surface area contributed by atoms with Gasteiger partial charge < -0.3 is 10.6 Å². The lowest BCUT2D eigenvalue weighted by molar-refractivity contribution is 0.0946. The van der Waals surface area contributed by atoms with Crippen LogP contribution in [-0.4, -0.2) is 16.8 Å². The number of rotatable bonds is 5. The maximum atomic E-state index is 12.9. The van der Waals surface area contributed by atoms with Gasteiger partial charge in [-0.1, -0.05) is 18.2 Å². The Balaban J connectivity index is 1.67. The molecule has 0 atom stereocenters. The molecule has 1 heterocycles. The number of carbonyl (C=O) groups excluding carboxylic acids is 2. The quantitative estimate of drug-likeness (QED) is 0.705. The molecule has 3 aromatic rings. The molecule has 0 saturated carbocycles. The number of aryl methyl sites for hydroxylation is 2. The summed E-state index contributed by atoms with van der Waals surface area (Å²) in [7, 11) is 0. The van der Waals surface area contributed by atoms with E-state index in [1.807, 2.05) is 32.0 Å². The predicted molar refractivity (Wildman–Crippen MR) is 106 cm³/mol. The molecular weight excluding hydrogens is 357 g/mol. The van der Waals surface area contributed by atoms with Gasteiger partial charge in [0.15, 0.2) is 0 Å². The second-order valence-corrected chi connectivity index (χ2v) is 6.57. The number of hydrogen-bond donors (Lipinski definition) is 2. The average Bonchev–Trinajstić information content (AvgIpc) is 2.66. The van der Waals surface area contributed by atoms with Crippen LogP contribution in [0.2, 0.25) is 0 Å². The number of amides is 2. The third-order valence-electron chi connectivity index (χ3n) is 4.10. The Hall–Kier alpha value is -3.54. The molecule has 0 bridgehead atoms. The van der Waals surface area contributed by atoms with Crippen molar-refractivity contribution < 1.29 is 14.0 Å². The highest BCUT2D eigenvalue weighted by Gasteiger charge is 2.12. The molecule has 0 unspecified atom stereocenters. The highest BCUT2D eigenvalue weighted by Crippen LogP contribution is 2.15. The lowest BCUT2D eigenvalue weighted by Crippen LogP contribution is -2.24. The van der Waals surface area contributed by atoms with Gasteiger partial charge in [0.25, 0.3) is 11.8 Å². The van der Waals surface area contributed by atoms with Gasteiger partial charge in [-0.2, -0.15) is 0 Å². The number of nitrogens with one attached hydrogen (secondary N) is 2. The van der Waals surface area contributed by atoms with Gasteiger partial charge in [0.2, 0.25) is 0 Å². The van der Waals surface area contributed by atoms with Gasteiger partial charge in [-0.25, -0.2) is 4.39 Å². The number of aromatic nitrogens is 1. The Kier molecular flexibility index (Phi) is 5.79. The van der Waals surface area contributed by atoms with Crippen molar-refractivity contribution in [3.8, 4) is 0 Å². The van der Waals surface area contributed by atoms with E-state index in [0.29, 0.717) is 11.3 Å². The molecule has 0 spiro atoms. The number of anilines is 1. The Morgan fingerprint density at radius 3 is 2.29 bits per heavy atom. The Morgan fingerprint density at radius 2 is 1.61 bits per heavy atom. The van der Waals surface area contributed by atoms with Crippen LogP contribution in [0.5, 0.6) is 0 Å². The largest absolute Gasteiger partial charge is 0.347 e. The topological polar surface area (TPSA) is 71.1 Å². The molecule has 0 aliphatic rings. The molecule has 2 aromatic carbocycles. The standard InChI is InChI=1S/C22H20FN3O2/c1-14-9-15(2)11-19(10-14)26-21(27)17-7-8-24-20(12-17)22(28)25-13-16-3-5-18(23)6-4-16/h3-12H,13H2,1-2H3,(H,25,28)(H,26,27). The van der Waals surface area contributed by atoms with Crippen molar-refractivity contribution in [2.75, 3.05) is 5.32 Å². The van der Waals surface area contributed by atoms with Crippen molar-refractivity contribution in [2.24, 2.45) is 0 Å². The third-order valence-corrected chi connectivity index (χ3v) is 4.10. The number of nitrogens with zero attached hydrogens (tertiary/aromatic N) is 1. The average molecular weight is 377 g/mol. The first-order chi connectivity index (χ1) is 13.4. The highest BCUT2D eigenvalue weighted by atomic mass is 19.1. The molecule has 0 fully saturated rings. The molecule has 6 heteroatoms. The van der Waals surface area contributed by atoms with E-state index in [9.17, 15) is 14.0 Å². The fourth-order valence-electron chi connectivity index (χ4n) is 2.82. The van der Waals surface area contributed by atoms with Crippen LogP contribution < -0.4 is 10.6 Å². The van der Waals surface area contributed by atoms with E-state index in [1.54, 1.807) is 18.2 Å². The normalized spacial score (nSPS) is 10.4. The molecule has 1 aromatic heterocycles. The maximum Gasteiger partial charge on any atom is 0.270 e. The van der Waals surface area contributed by atoms with E-state index < -0.39 is 5.91 Å². The van der Waals surface area contributed by atoms with Crippen LogP contribution in [-0.2, 0) is 6.54 Å². The van der Waals surface area contributed by atoms with Crippen molar-refractivity contribution in [3.05, 3.63) is 94.6 Å². The molecule has 2 amide bonds. The lowest BCUT2D eigenvalue weighted by Gasteiger charge is -2.09. The van der Waals surface area contributed by atoms with Crippen LogP contribution in [0.15, 0.2) is 60.8 Å². The summed E-state index contributed by atoms with van der Waals surface area (Å²) in [5, 5.41) is 5.55. The van der Waals surface area contributed by atoms with Crippen molar-refractivity contribution in [3.63, 3.8) is 0 Å². The van der Waals surface area contributed by atoms with Gasteiger partial charge in [-0.15, -0.1) is 0 Å². The van der Waals surface area contributed by atoms with Crippen LogP contribution in [0.1, 0.15) is 37.5 Å². The van der Waals surface area contributed by atoms with E-state index in [0.717, 1.165) is 16.7 Å². The van der Waals surface area contributed by atoms with Crippen LogP contribution >= 0.6 is 0 Å². The van der Waals surface area contributed by atoms with Crippen molar-refractivity contribution >= 4 is 17.5 Å². The number of pyridine rings is 1. The van der Waals surface area contributed by atoms with Crippen LogP contribution in [0, 0.1) is 19.7 Å². The summed E-state index contributed by atoms with van der Waals surface area (Å²) < 4.78 is 12.9. The minimum Gasteiger partial charge on any atom is -0.347 e. The fraction of sp³-hybridized carbons (Fsp3) is 0.136. The zero-order valence-corrected chi connectivity index (χ0v) is 15.6. The van der Waals surface area contributed by atoms with E-state index in [1.165, 1.54) is 24.4 Å². The molecule has 0 aliphatic carbocycles. The van der Waals surface area contributed by atoms with Gasteiger partial charge in [-0.05, 0) is 66.9 Å². The van der Waals surface area contributed by atoms with Gasteiger partial charge in [-0.3, -0.25) is 14.6 Å². The molecule has 28 heavy (non-hydrogen) atoms. The van der Waals surface area contributed by atoms with Crippen LogP contribution in [0.25, 0.3) is 0 Å². The second kappa shape index (κ2) is 8.43. The minimum atomic E-state index is -0.412. The van der Waals surface area contributed by atoms with Gasteiger partial charge in [0, 0.05) is 24.0 Å². The molecule has 3 rings (SSSR count). The molecule has 0 saturated heterocycles. The molecule has 5 nitrogen and oxygen atoms in total. The number of benzene rings is 2. The summed E-state index contributed by atoms with van der Waals surface area (Å²) in [6.45, 7) is 4.15. The fourth-order valence-corrected chi connectivity index (χ4v) is 2.82. The molecule has 0 radical (unpaired) electrons. The summed E-state index contributed by atoms with van der Waals surface area (Å²) in [6.07, 6.45) is 1.42. The summed E-state index contributed by atoms with van der Waals surface area (Å²) in [5.41, 5.74) is 4.02. The minimum absolute atomic E-state index is 0.134. The van der Waals surface area contributed by atoms with Crippen molar-refractivity contribution in [1.29, 1.82) is 0 Å². The van der Waals surface area contributed by atoms with E-state index in [2.05, 4.69) is 15.6 Å². The van der Waals surface area contributed by atoms with Gasteiger partial charge >= 0.3 is 0 Å². The zero-order valence-electron chi connectivity index (χ0n) is 15.6. The summed E-state index contributed by atoms with van der Waals surface area (Å²) >= 11 is 0. The molecular formula is C22H20FN3O2. The molecule has 142 valence electrons. The third kappa shape index (κ3) is 5.01. The first-order valence-corrected chi connectivity index (χ1v) is 8.79. The van der Waals surface area contributed by atoms with Crippen molar-refractivity contribution in [2.45, 2.75) is 20.4 Å². The second-order valence-electron chi connectivity index (χ2n) is 6.57. The number of carbonyl (C=O) groups is 2. The Morgan fingerprint density at radius 1 is 0.929 bits per heavy atom. The highest BCUT2D eigenvalue weighted by molar-refractivity contribution is 6.05. The molecule has 0 aliphatic heterocycles. The first kappa shape index (κ1) is 19.2. The van der Waals surface area contributed by atoms with E-state index in [4.69, 9.17) is 0 Å². The maximum absolute atomic E-state index is 12.9. The van der Waals surface area contributed by atoms with E-state index >= 15 is 0 Å². The van der Waals surface area contributed by atoms with Gasteiger partial charge in [0.1, 0.15) is 11.5 Å². The number of hydrogen-bond acceptors (Lipinski definition) is 3. The Labute approximate surface area is 162 Å². The summed E-state index contributed by atoms with van der Waals surface area (Å²) in [6, 6.07) is 14.6. The smallest absolute Gasteiger partial charge is 0.270 e. The van der Waals surface area contributed by atoms with Crippen LogP contribution in [0.3, 0.4) is 0 Å². The monoisotopic (exact) mass is 377 g/mol. The SMILES string of the molecule is Cc1cc(C)cc(NC(=O)c2ccnc(C(=O)NCc3ccc(F)cc3)c2)c1. The zero-order chi connectivity index (χ0) is 20.1. The van der Waals surface area contributed by atoms with Crippen LogP contribution in [0.4, 0.5) is 10.1 Å². The molecule has 2 N–H and O–H groups in total. The van der Waals surface area contributed by atoms with Crippen molar-refractivity contribution in [1.82, 2.24) is 10.3 Å².